The van der Waals surface area contributed by atoms with E-state index < -0.39 is 6.10 Å². The minimum absolute atomic E-state index is 0.0276. The van der Waals surface area contributed by atoms with Gasteiger partial charge in [0.05, 0.1) is 12.1 Å². The second kappa shape index (κ2) is 11.4. The zero-order valence-corrected chi connectivity index (χ0v) is 20.5. The smallest absolute Gasteiger partial charge is 0.257 e. The molecular weight excluding hydrogens is 477 g/mol. The molecule has 0 saturated carbocycles. The second-order valence-electron chi connectivity index (χ2n) is 8.78. The van der Waals surface area contributed by atoms with Gasteiger partial charge in [-0.2, -0.15) is 0 Å². The molecule has 7 nitrogen and oxygen atoms in total. The molecule has 34 heavy (non-hydrogen) atoms. The summed E-state index contributed by atoms with van der Waals surface area (Å²) in [5.74, 6) is 0.242. The van der Waals surface area contributed by atoms with E-state index in [0.29, 0.717) is 47.5 Å². The van der Waals surface area contributed by atoms with Crippen molar-refractivity contribution < 1.29 is 19.4 Å². The van der Waals surface area contributed by atoms with E-state index in [9.17, 15) is 14.7 Å². The van der Waals surface area contributed by atoms with Crippen LogP contribution in [-0.4, -0.2) is 83.6 Å². The van der Waals surface area contributed by atoms with Gasteiger partial charge in [-0.15, -0.1) is 0 Å². The van der Waals surface area contributed by atoms with Crippen LogP contribution in [-0.2, 0) is 11.3 Å². The number of amides is 2. The zero-order valence-electron chi connectivity index (χ0n) is 19.0. The van der Waals surface area contributed by atoms with Crippen molar-refractivity contribution in [3.63, 3.8) is 0 Å². The van der Waals surface area contributed by atoms with Crippen LogP contribution in [0.25, 0.3) is 0 Å². The molecule has 1 atom stereocenters. The number of nitrogens with zero attached hydrogens (tertiary/aromatic N) is 3. The van der Waals surface area contributed by atoms with Gasteiger partial charge in [-0.3, -0.25) is 14.5 Å². The highest BCUT2D eigenvalue weighted by Gasteiger charge is 2.27. The van der Waals surface area contributed by atoms with Crippen molar-refractivity contribution in [1.82, 2.24) is 14.7 Å². The molecule has 2 aliphatic heterocycles. The Bertz CT molecular complexity index is 1010. The monoisotopic (exact) mass is 505 g/mol. The third-order valence-corrected chi connectivity index (χ3v) is 6.63. The summed E-state index contributed by atoms with van der Waals surface area (Å²) in [5, 5.41) is 11.7. The third-order valence-electron chi connectivity index (χ3n) is 6.14. The molecule has 1 unspecified atom stereocenters. The summed E-state index contributed by atoms with van der Waals surface area (Å²) >= 11 is 12.1. The van der Waals surface area contributed by atoms with Crippen LogP contribution in [0.2, 0.25) is 10.0 Å². The third kappa shape index (κ3) is 6.42. The van der Waals surface area contributed by atoms with E-state index in [0.717, 1.165) is 31.5 Å². The molecule has 1 N–H and O–H groups in total. The van der Waals surface area contributed by atoms with Crippen LogP contribution in [0, 0.1) is 0 Å². The first-order valence-corrected chi connectivity index (χ1v) is 12.3. The lowest BCUT2D eigenvalue weighted by molar-refractivity contribution is -0.138. The summed E-state index contributed by atoms with van der Waals surface area (Å²) in [5.41, 5.74) is 1.50. The quantitative estimate of drug-likeness (QED) is 0.595. The molecule has 4 rings (SSSR count). The summed E-state index contributed by atoms with van der Waals surface area (Å²) in [6.07, 6.45) is 1.10. The summed E-state index contributed by atoms with van der Waals surface area (Å²) in [6, 6.07) is 12.5. The van der Waals surface area contributed by atoms with Crippen LogP contribution >= 0.6 is 23.2 Å². The first kappa shape index (κ1) is 24.8. The van der Waals surface area contributed by atoms with Crippen LogP contribution in [0.3, 0.4) is 0 Å². The Labute approximate surface area is 209 Å². The van der Waals surface area contributed by atoms with E-state index in [1.165, 1.54) is 0 Å². The average Bonchev–Trinajstić information content (AvgIpc) is 3.36. The van der Waals surface area contributed by atoms with Crippen molar-refractivity contribution in [2.75, 3.05) is 45.9 Å². The summed E-state index contributed by atoms with van der Waals surface area (Å²) in [6.45, 7) is 3.81. The van der Waals surface area contributed by atoms with Crippen molar-refractivity contribution in [1.29, 1.82) is 0 Å². The Kier molecular flexibility index (Phi) is 8.32. The minimum atomic E-state index is -0.878. The lowest BCUT2D eigenvalue weighted by atomic mass is 10.1. The first-order valence-electron chi connectivity index (χ1n) is 11.5. The van der Waals surface area contributed by atoms with Gasteiger partial charge in [0.15, 0.2) is 0 Å². The number of hydrogen-bond acceptors (Lipinski definition) is 5. The highest BCUT2D eigenvalue weighted by atomic mass is 35.5. The fourth-order valence-electron chi connectivity index (χ4n) is 4.31. The maximum atomic E-state index is 12.9. The van der Waals surface area contributed by atoms with E-state index in [2.05, 4.69) is 4.90 Å². The topological polar surface area (TPSA) is 73.3 Å². The van der Waals surface area contributed by atoms with Gasteiger partial charge in [-0.05, 0) is 48.7 Å². The Morgan fingerprint density at radius 3 is 2.41 bits per heavy atom. The van der Waals surface area contributed by atoms with Crippen molar-refractivity contribution in [2.24, 2.45) is 0 Å². The number of aliphatic hydroxyl groups is 1. The molecule has 9 heteroatoms. The highest BCUT2D eigenvalue weighted by molar-refractivity contribution is 6.31. The Morgan fingerprint density at radius 1 is 1.00 bits per heavy atom. The van der Waals surface area contributed by atoms with Crippen molar-refractivity contribution in [2.45, 2.75) is 25.5 Å². The minimum Gasteiger partial charge on any atom is -0.490 e. The van der Waals surface area contributed by atoms with Gasteiger partial charge in [-0.1, -0.05) is 35.3 Å². The van der Waals surface area contributed by atoms with Crippen LogP contribution in [0.1, 0.15) is 28.8 Å². The number of hydrogen-bond donors (Lipinski definition) is 1. The van der Waals surface area contributed by atoms with E-state index >= 15 is 0 Å². The van der Waals surface area contributed by atoms with Gasteiger partial charge in [0.2, 0.25) is 5.91 Å². The van der Waals surface area contributed by atoms with E-state index in [4.69, 9.17) is 27.9 Å². The van der Waals surface area contributed by atoms with E-state index in [1.54, 1.807) is 28.0 Å². The number of ether oxygens (including phenoxy) is 1. The molecule has 182 valence electrons. The van der Waals surface area contributed by atoms with Crippen molar-refractivity contribution in [3.8, 4) is 5.75 Å². The Morgan fingerprint density at radius 2 is 1.71 bits per heavy atom. The van der Waals surface area contributed by atoms with Gasteiger partial charge >= 0.3 is 0 Å². The number of rotatable bonds is 8. The first-order chi connectivity index (χ1) is 16.4. The standard InChI is InChI=1S/C25H29Cl2N3O4/c26-19-5-3-18(4-6-19)14-28-11-12-30(24(32)16-28)15-21(31)17-34-23-8-7-20(27)13-22(23)25(33)29-9-1-2-10-29/h3-8,13,21,31H,1-2,9-12,14-17H2. The van der Waals surface area contributed by atoms with Gasteiger partial charge in [0.1, 0.15) is 18.5 Å². The summed E-state index contributed by atoms with van der Waals surface area (Å²) in [7, 11) is 0. The lowest BCUT2D eigenvalue weighted by Gasteiger charge is -2.35. The molecule has 2 aromatic rings. The maximum Gasteiger partial charge on any atom is 0.257 e. The summed E-state index contributed by atoms with van der Waals surface area (Å²) in [4.78, 5) is 31.0. The number of aliphatic hydroxyl groups excluding tert-OH is 1. The number of β-amino-alcohol motifs (C(OH)–C–C–N with tert-alkyl or cyclic N) is 1. The highest BCUT2D eigenvalue weighted by Crippen LogP contribution is 2.26. The predicted octanol–water partition coefficient (Wildman–Crippen LogP) is 3.31. The Balaban J connectivity index is 1.28. The van der Waals surface area contributed by atoms with E-state index in [1.807, 2.05) is 24.3 Å². The molecule has 2 aromatic carbocycles. The molecule has 2 aliphatic rings. The molecule has 0 aliphatic carbocycles. The van der Waals surface area contributed by atoms with Crippen LogP contribution < -0.4 is 4.74 Å². The van der Waals surface area contributed by atoms with Gasteiger partial charge in [-0.25, -0.2) is 0 Å². The van der Waals surface area contributed by atoms with Gasteiger partial charge < -0.3 is 19.6 Å². The molecule has 2 amide bonds. The number of benzene rings is 2. The normalized spacial score (nSPS) is 17.8. The number of carbonyl (C=O) groups is 2. The second-order valence-corrected chi connectivity index (χ2v) is 9.65. The average molecular weight is 506 g/mol. The van der Waals surface area contributed by atoms with E-state index in [-0.39, 0.29) is 25.0 Å². The molecule has 2 heterocycles. The Hall–Kier alpha value is -2.32. The molecule has 0 aromatic heterocycles. The lowest BCUT2D eigenvalue weighted by Crippen LogP contribution is -2.52. The SMILES string of the molecule is O=C1CN(Cc2ccc(Cl)cc2)CCN1CC(O)COc1ccc(Cl)cc1C(=O)N1CCCC1. The molecule has 2 fully saturated rings. The largest absolute Gasteiger partial charge is 0.490 e. The van der Waals surface area contributed by atoms with Crippen LogP contribution in [0.4, 0.5) is 0 Å². The number of likely N-dealkylation sites (tertiary alicyclic amines) is 1. The predicted molar refractivity (Wildman–Crippen MR) is 131 cm³/mol. The zero-order chi connectivity index (χ0) is 24.1. The number of halogens is 2. The maximum absolute atomic E-state index is 12.9. The van der Waals surface area contributed by atoms with Gasteiger partial charge in [0.25, 0.3) is 5.91 Å². The molecule has 2 saturated heterocycles. The fraction of sp³-hybridized carbons (Fsp3) is 0.440. The van der Waals surface area contributed by atoms with Gasteiger partial charge in [0, 0.05) is 49.3 Å². The number of piperazine rings is 1. The molecule has 0 spiro atoms. The molecule has 0 bridgehead atoms. The number of carbonyl (C=O) groups excluding carboxylic acids is 2. The van der Waals surface area contributed by atoms with Crippen LogP contribution in [0.5, 0.6) is 5.75 Å². The van der Waals surface area contributed by atoms with Crippen molar-refractivity contribution in [3.05, 3.63) is 63.6 Å². The van der Waals surface area contributed by atoms with Crippen molar-refractivity contribution >= 4 is 35.0 Å². The fourth-order valence-corrected chi connectivity index (χ4v) is 4.61. The molecular formula is C25H29Cl2N3O4. The summed E-state index contributed by atoms with van der Waals surface area (Å²) < 4.78 is 5.81. The molecule has 0 radical (unpaired) electrons. The van der Waals surface area contributed by atoms with Crippen LogP contribution in [0.15, 0.2) is 42.5 Å².